The summed E-state index contributed by atoms with van der Waals surface area (Å²) in [6.45, 7) is 7.03. The molecule has 0 fully saturated rings. The van der Waals surface area contributed by atoms with Crippen molar-refractivity contribution in [1.29, 1.82) is 0 Å². The zero-order valence-electron chi connectivity index (χ0n) is 12.2. The minimum atomic E-state index is 0.618. The predicted octanol–water partition coefficient (Wildman–Crippen LogP) is 4.82. The first kappa shape index (κ1) is 14.3. The van der Waals surface area contributed by atoms with Crippen LogP contribution in [0.1, 0.15) is 19.4 Å². The van der Waals surface area contributed by atoms with Gasteiger partial charge in [-0.2, -0.15) is 10.2 Å². The molecule has 20 heavy (non-hydrogen) atoms. The van der Waals surface area contributed by atoms with Crippen molar-refractivity contribution >= 4 is 11.4 Å². The summed E-state index contributed by atoms with van der Waals surface area (Å²) < 4.78 is 0. The molecule has 2 aromatic carbocycles. The van der Waals surface area contributed by atoms with E-state index in [1.54, 1.807) is 0 Å². The number of hydrogen-bond donors (Lipinski definition) is 0. The van der Waals surface area contributed by atoms with Crippen molar-refractivity contribution in [3.05, 3.63) is 60.2 Å². The second-order valence-corrected chi connectivity index (χ2v) is 4.57. The Kier molecular flexibility index (Phi) is 5.30. The second kappa shape index (κ2) is 7.43. The van der Waals surface area contributed by atoms with Crippen LogP contribution in [0.2, 0.25) is 0 Å². The molecule has 3 heteroatoms. The minimum Gasteiger partial charge on any atom is -0.372 e. The summed E-state index contributed by atoms with van der Waals surface area (Å²) in [5.74, 6) is 0. The van der Waals surface area contributed by atoms with Gasteiger partial charge in [0.2, 0.25) is 0 Å². The van der Waals surface area contributed by atoms with Crippen LogP contribution in [0.25, 0.3) is 0 Å². The Labute approximate surface area is 121 Å². The van der Waals surface area contributed by atoms with E-state index in [9.17, 15) is 0 Å². The summed E-state index contributed by atoms with van der Waals surface area (Å²) in [5.41, 5.74) is 3.34. The standard InChI is InChI=1S/C17H21N3/c1-3-20(4-2)17-12-10-15(11-13-17)14-18-19-16-8-6-5-7-9-16/h5-13H,3-4,14H2,1-2H3. The molecule has 3 nitrogen and oxygen atoms in total. The molecule has 0 heterocycles. The van der Waals surface area contributed by atoms with Gasteiger partial charge in [-0.05, 0) is 43.7 Å². The maximum atomic E-state index is 4.24. The highest BCUT2D eigenvalue weighted by atomic mass is 15.1. The van der Waals surface area contributed by atoms with E-state index in [-0.39, 0.29) is 0 Å². The number of hydrogen-bond acceptors (Lipinski definition) is 3. The lowest BCUT2D eigenvalue weighted by molar-refractivity contribution is 0.864. The van der Waals surface area contributed by atoms with E-state index in [0.29, 0.717) is 6.54 Å². The molecule has 0 aliphatic heterocycles. The molecule has 0 saturated heterocycles. The zero-order chi connectivity index (χ0) is 14.2. The Morgan fingerprint density at radius 3 is 2.10 bits per heavy atom. The van der Waals surface area contributed by atoms with Gasteiger partial charge in [-0.25, -0.2) is 0 Å². The molecule has 0 unspecified atom stereocenters. The SMILES string of the molecule is CCN(CC)c1ccc(CN=Nc2ccccc2)cc1. The van der Waals surface area contributed by atoms with Gasteiger partial charge in [-0.15, -0.1) is 0 Å². The van der Waals surface area contributed by atoms with Gasteiger partial charge in [0, 0.05) is 18.8 Å². The summed E-state index contributed by atoms with van der Waals surface area (Å²) in [7, 11) is 0. The molecule has 0 N–H and O–H groups in total. The molecule has 0 saturated carbocycles. The molecule has 0 aliphatic carbocycles. The molecule has 0 spiro atoms. The van der Waals surface area contributed by atoms with Crippen molar-refractivity contribution in [2.75, 3.05) is 18.0 Å². The van der Waals surface area contributed by atoms with Crippen molar-refractivity contribution < 1.29 is 0 Å². The average Bonchev–Trinajstić information content (AvgIpc) is 2.51. The molecule has 0 radical (unpaired) electrons. The highest BCUT2D eigenvalue weighted by Crippen LogP contribution is 2.16. The third-order valence-electron chi connectivity index (χ3n) is 3.26. The number of rotatable bonds is 6. The van der Waals surface area contributed by atoms with Crippen molar-refractivity contribution in [1.82, 2.24) is 0 Å². The van der Waals surface area contributed by atoms with Gasteiger partial charge in [0.15, 0.2) is 0 Å². The van der Waals surface area contributed by atoms with Crippen LogP contribution in [-0.2, 0) is 6.54 Å². The highest BCUT2D eigenvalue weighted by Gasteiger charge is 2.00. The van der Waals surface area contributed by atoms with Gasteiger partial charge in [-0.3, -0.25) is 0 Å². The first-order valence-corrected chi connectivity index (χ1v) is 7.10. The van der Waals surface area contributed by atoms with Crippen LogP contribution in [0.3, 0.4) is 0 Å². The van der Waals surface area contributed by atoms with Crippen LogP contribution < -0.4 is 4.90 Å². The maximum absolute atomic E-state index is 4.24. The van der Waals surface area contributed by atoms with Crippen LogP contribution in [0, 0.1) is 0 Å². The van der Waals surface area contributed by atoms with E-state index < -0.39 is 0 Å². The topological polar surface area (TPSA) is 28.0 Å². The summed E-state index contributed by atoms with van der Waals surface area (Å²) in [4.78, 5) is 2.33. The monoisotopic (exact) mass is 267 g/mol. The molecule has 2 aromatic rings. The third-order valence-corrected chi connectivity index (χ3v) is 3.26. The third kappa shape index (κ3) is 3.92. The largest absolute Gasteiger partial charge is 0.372 e. The van der Waals surface area contributed by atoms with E-state index >= 15 is 0 Å². The van der Waals surface area contributed by atoms with E-state index in [4.69, 9.17) is 0 Å². The Bertz CT molecular complexity index is 528. The lowest BCUT2D eigenvalue weighted by Gasteiger charge is -2.20. The van der Waals surface area contributed by atoms with Crippen LogP contribution in [0.4, 0.5) is 11.4 Å². The first-order valence-electron chi connectivity index (χ1n) is 7.10. The lowest BCUT2D eigenvalue weighted by atomic mass is 10.2. The summed E-state index contributed by atoms with van der Waals surface area (Å²) in [6, 6.07) is 18.4. The molecular formula is C17H21N3. The Hall–Kier alpha value is -2.16. The summed E-state index contributed by atoms with van der Waals surface area (Å²) in [5, 5.41) is 8.44. The van der Waals surface area contributed by atoms with Gasteiger partial charge in [0.05, 0.1) is 12.2 Å². The Morgan fingerprint density at radius 1 is 0.850 bits per heavy atom. The maximum Gasteiger partial charge on any atom is 0.0853 e. The lowest BCUT2D eigenvalue weighted by Crippen LogP contribution is -2.21. The normalized spacial score (nSPS) is 10.9. The summed E-state index contributed by atoms with van der Waals surface area (Å²) >= 11 is 0. The molecule has 0 aromatic heterocycles. The fourth-order valence-corrected chi connectivity index (χ4v) is 2.09. The van der Waals surface area contributed by atoms with E-state index in [0.717, 1.165) is 18.8 Å². The van der Waals surface area contributed by atoms with E-state index in [1.165, 1.54) is 11.3 Å². The molecule has 104 valence electrons. The quantitative estimate of drug-likeness (QED) is 0.690. The van der Waals surface area contributed by atoms with Gasteiger partial charge in [-0.1, -0.05) is 30.3 Å². The minimum absolute atomic E-state index is 0.618. The number of nitrogens with zero attached hydrogens (tertiary/aromatic N) is 3. The van der Waals surface area contributed by atoms with Gasteiger partial charge >= 0.3 is 0 Å². The number of azo groups is 1. The average molecular weight is 267 g/mol. The fourth-order valence-electron chi connectivity index (χ4n) is 2.09. The van der Waals surface area contributed by atoms with Gasteiger partial charge in [0.25, 0.3) is 0 Å². The molecule has 2 rings (SSSR count). The summed E-state index contributed by atoms with van der Waals surface area (Å²) in [6.07, 6.45) is 0. The number of benzene rings is 2. The zero-order valence-corrected chi connectivity index (χ0v) is 12.2. The fraction of sp³-hybridized carbons (Fsp3) is 0.294. The highest BCUT2D eigenvalue weighted by molar-refractivity contribution is 5.47. The van der Waals surface area contributed by atoms with Crippen LogP contribution in [0.15, 0.2) is 64.8 Å². The molecule has 0 amide bonds. The molecule has 0 bridgehead atoms. The molecular weight excluding hydrogens is 246 g/mol. The van der Waals surface area contributed by atoms with Crippen molar-refractivity contribution in [2.24, 2.45) is 10.2 Å². The Morgan fingerprint density at radius 2 is 1.50 bits per heavy atom. The smallest absolute Gasteiger partial charge is 0.0853 e. The number of anilines is 1. The Balaban J connectivity index is 1.96. The van der Waals surface area contributed by atoms with Crippen molar-refractivity contribution in [3.8, 4) is 0 Å². The van der Waals surface area contributed by atoms with Crippen molar-refractivity contribution in [2.45, 2.75) is 20.4 Å². The van der Waals surface area contributed by atoms with Crippen LogP contribution in [-0.4, -0.2) is 13.1 Å². The second-order valence-electron chi connectivity index (χ2n) is 4.57. The first-order chi connectivity index (χ1) is 9.83. The molecule has 0 aliphatic rings. The van der Waals surface area contributed by atoms with Crippen LogP contribution in [0.5, 0.6) is 0 Å². The van der Waals surface area contributed by atoms with Crippen LogP contribution >= 0.6 is 0 Å². The van der Waals surface area contributed by atoms with Crippen molar-refractivity contribution in [3.63, 3.8) is 0 Å². The van der Waals surface area contributed by atoms with Gasteiger partial charge in [0.1, 0.15) is 0 Å². The predicted molar refractivity (Wildman–Crippen MR) is 84.7 cm³/mol. The van der Waals surface area contributed by atoms with E-state index in [1.807, 2.05) is 30.3 Å². The van der Waals surface area contributed by atoms with Gasteiger partial charge < -0.3 is 4.90 Å². The van der Waals surface area contributed by atoms with E-state index in [2.05, 4.69) is 53.2 Å². The molecule has 0 atom stereocenters.